The molecule has 4 heterocycles. The molecule has 0 aliphatic heterocycles. The molecule has 4 aromatic heterocycles. The first-order valence-electron chi connectivity index (χ1n) is 8.78. The molecule has 0 aliphatic carbocycles. The number of H-pyrrole nitrogens is 2. The third kappa shape index (κ3) is 2.81. The van der Waals surface area contributed by atoms with Crippen LogP contribution in [-0.4, -0.2) is 37.1 Å². The van der Waals surface area contributed by atoms with Crippen molar-refractivity contribution in [2.45, 2.75) is 32.7 Å². The standard InChI is InChI=1S/C19H20N6O/c1-3-13(4-2)22-19(26)12-8-14-16(24-25-18(14)21-10-12)15-9-11-6-5-7-20-17(11)23-15/h5-10,13H,3-4H2,1-2H3,(H,20,23)(H,22,26)(H,21,24,25). The van der Waals surface area contributed by atoms with Crippen molar-refractivity contribution in [3.05, 3.63) is 42.2 Å². The van der Waals surface area contributed by atoms with Crippen molar-refractivity contribution in [3.8, 4) is 11.4 Å². The molecule has 7 nitrogen and oxygen atoms in total. The van der Waals surface area contributed by atoms with Crippen LogP contribution in [0.3, 0.4) is 0 Å². The quantitative estimate of drug-likeness (QED) is 0.514. The van der Waals surface area contributed by atoms with Crippen molar-refractivity contribution >= 4 is 28.0 Å². The van der Waals surface area contributed by atoms with Gasteiger partial charge in [0.1, 0.15) is 5.65 Å². The van der Waals surface area contributed by atoms with E-state index in [9.17, 15) is 4.79 Å². The molecule has 0 aromatic carbocycles. The first kappa shape index (κ1) is 16.3. The topological polar surface area (TPSA) is 99.3 Å². The molecule has 0 unspecified atom stereocenters. The average Bonchev–Trinajstić information content (AvgIpc) is 3.28. The van der Waals surface area contributed by atoms with Gasteiger partial charge in [0, 0.05) is 29.2 Å². The van der Waals surface area contributed by atoms with Crippen LogP contribution in [0.1, 0.15) is 37.0 Å². The number of carbonyl (C=O) groups is 1. The monoisotopic (exact) mass is 348 g/mol. The molecule has 7 heteroatoms. The van der Waals surface area contributed by atoms with E-state index in [-0.39, 0.29) is 11.9 Å². The second kappa shape index (κ2) is 6.59. The lowest BCUT2D eigenvalue weighted by Crippen LogP contribution is -2.33. The number of carbonyl (C=O) groups excluding carboxylic acids is 1. The molecule has 0 bridgehead atoms. The summed E-state index contributed by atoms with van der Waals surface area (Å²) in [5.74, 6) is -0.112. The maximum absolute atomic E-state index is 12.5. The van der Waals surface area contributed by atoms with Crippen LogP contribution in [0.25, 0.3) is 33.5 Å². The van der Waals surface area contributed by atoms with Crippen molar-refractivity contribution in [2.24, 2.45) is 0 Å². The van der Waals surface area contributed by atoms with Gasteiger partial charge in [0.15, 0.2) is 5.65 Å². The predicted molar refractivity (Wildman–Crippen MR) is 101 cm³/mol. The summed E-state index contributed by atoms with van der Waals surface area (Å²) in [7, 11) is 0. The Morgan fingerprint density at radius 2 is 2.08 bits per heavy atom. The largest absolute Gasteiger partial charge is 0.349 e. The zero-order valence-corrected chi connectivity index (χ0v) is 14.7. The number of nitrogens with zero attached hydrogens (tertiary/aromatic N) is 3. The van der Waals surface area contributed by atoms with Gasteiger partial charge in [0.2, 0.25) is 0 Å². The summed E-state index contributed by atoms with van der Waals surface area (Å²) >= 11 is 0. The Labute approximate surface area is 150 Å². The zero-order chi connectivity index (χ0) is 18.1. The molecule has 0 spiro atoms. The fourth-order valence-corrected chi connectivity index (χ4v) is 3.08. The minimum Gasteiger partial charge on any atom is -0.349 e. The molecule has 4 aromatic rings. The van der Waals surface area contributed by atoms with Gasteiger partial charge >= 0.3 is 0 Å². The molecule has 0 radical (unpaired) electrons. The Bertz CT molecular complexity index is 1040. The summed E-state index contributed by atoms with van der Waals surface area (Å²) in [6, 6.07) is 7.90. The summed E-state index contributed by atoms with van der Waals surface area (Å²) in [6.07, 6.45) is 5.11. The molecule has 26 heavy (non-hydrogen) atoms. The highest BCUT2D eigenvalue weighted by Gasteiger charge is 2.16. The van der Waals surface area contributed by atoms with Crippen LogP contribution >= 0.6 is 0 Å². The highest BCUT2D eigenvalue weighted by molar-refractivity contribution is 6.00. The SMILES string of the molecule is CCC(CC)NC(=O)c1cnc2n[nH]c(-c3cc4cccnc4[nH]3)c2c1. The van der Waals surface area contributed by atoms with Gasteiger partial charge in [-0.3, -0.25) is 9.89 Å². The molecule has 0 fully saturated rings. The summed E-state index contributed by atoms with van der Waals surface area (Å²) < 4.78 is 0. The maximum atomic E-state index is 12.5. The molecule has 132 valence electrons. The molecule has 4 rings (SSSR count). The highest BCUT2D eigenvalue weighted by Crippen LogP contribution is 2.27. The zero-order valence-electron chi connectivity index (χ0n) is 14.7. The van der Waals surface area contributed by atoms with Crippen LogP contribution in [0, 0.1) is 0 Å². The van der Waals surface area contributed by atoms with Crippen molar-refractivity contribution < 1.29 is 4.79 Å². The summed E-state index contributed by atoms with van der Waals surface area (Å²) in [5, 5.41) is 12.1. The lowest BCUT2D eigenvalue weighted by Gasteiger charge is -2.14. The van der Waals surface area contributed by atoms with Crippen molar-refractivity contribution in [3.63, 3.8) is 0 Å². The van der Waals surface area contributed by atoms with Gasteiger partial charge in [-0.15, -0.1) is 0 Å². The average molecular weight is 348 g/mol. The normalized spacial score (nSPS) is 11.5. The van der Waals surface area contributed by atoms with Crippen LogP contribution in [0.2, 0.25) is 0 Å². The number of aromatic nitrogens is 5. The highest BCUT2D eigenvalue weighted by atomic mass is 16.1. The first-order chi connectivity index (χ1) is 12.7. The van der Waals surface area contributed by atoms with Gasteiger partial charge in [0.05, 0.1) is 17.0 Å². The summed E-state index contributed by atoms with van der Waals surface area (Å²) in [5.41, 5.74) is 3.57. The van der Waals surface area contributed by atoms with Gasteiger partial charge < -0.3 is 10.3 Å². The number of nitrogens with one attached hydrogen (secondary N) is 3. The number of hydrogen-bond acceptors (Lipinski definition) is 4. The predicted octanol–water partition coefficient (Wildman–Crippen LogP) is 3.42. The van der Waals surface area contributed by atoms with E-state index in [1.165, 1.54) is 0 Å². The molecular weight excluding hydrogens is 328 g/mol. The number of amides is 1. The van der Waals surface area contributed by atoms with Gasteiger partial charge in [-0.2, -0.15) is 5.10 Å². The van der Waals surface area contributed by atoms with Crippen molar-refractivity contribution in [1.82, 2.24) is 30.5 Å². The van der Waals surface area contributed by atoms with E-state index in [0.717, 1.165) is 40.6 Å². The smallest absolute Gasteiger partial charge is 0.253 e. The van der Waals surface area contributed by atoms with Crippen LogP contribution in [0.5, 0.6) is 0 Å². The minimum absolute atomic E-state index is 0.112. The van der Waals surface area contributed by atoms with E-state index in [1.54, 1.807) is 12.4 Å². The minimum atomic E-state index is -0.112. The van der Waals surface area contributed by atoms with E-state index in [2.05, 4.69) is 44.3 Å². The van der Waals surface area contributed by atoms with E-state index in [1.807, 2.05) is 24.3 Å². The molecule has 0 atom stereocenters. The van der Waals surface area contributed by atoms with Crippen LogP contribution < -0.4 is 5.32 Å². The van der Waals surface area contributed by atoms with Gasteiger partial charge in [-0.05, 0) is 37.1 Å². The number of aromatic amines is 2. The third-order valence-corrected chi connectivity index (χ3v) is 4.65. The van der Waals surface area contributed by atoms with E-state index in [0.29, 0.717) is 11.2 Å². The fourth-order valence-electron chi connectivity index (χ4n) is 3.08. The lowest BCUT2D eigenvalue weighted by atomic mass is 10.1. The number of pyridine rings is 2. The van der Waals surface area contributed by atoms with E-state index in [4.69, 9.17) is 0 Å². The molecular formula is C19H20N6O. The molecule has 0 saturated carbocycles. The van der Waals surface area contributed by atoms with Gasteiger partial charge in [-0.25, -0.2) is 9.97 Å². The molecule has 0 aliphatic rings. The molecule has 0 saturated heterocycles. The lowest BCUT2D eigenvalue weighted by molar-refractivity contribution is 0.0934. The van der Waals surface area contributed by atoms with Crippen LogP contribution in [0.15, 0.2) is 36.7 Å². The first-order valence-corrected chi connectivity index (χ1v) is 8.78. The van der Waals surface area contributed by atoms with E-state index < -0.39 is 0 Å². The third-order valence-electron chi connectivity index (χ3n) is 4.65. The Morgan fingerprint density at radius 3 is 2.85 bits per heavy atom. The summed E-state index contributed by atoms with van der Waals surface area (Å²) in [4.78, 5) is 24.5. The fraction of sp³-hybridized carbons (Fsp3) is 0.263. The second-order valence-electron chi connectivity index (χ2n) is 6.30. The Hall–Kier alpha value is -3.22. The molecule has 3 N–H and O–H groups in total. The number of rotatable bonds is 5. The number of fused-ring (bicyclic) bond motifs is 2. The Morgan fingerprint density at radius 1 is 1.23 bits per heavy atom. The number of hydrogen-bond donors (Lipinski definition) is 3. The Kier molecular flexibility index (Phi) is 4.12. The Balaban J connectivity index is 1.74. The van der Waals surface area contributed by atoms with Gasteiger partial charge in [0.25, 0.3) is 5.91 Å². The molecule has 1 amide bonds. The maximum Gasteiger partial charge on any atom is 0.253 e. The van der Waals surface area contributed by atoms with Crippen molar-refractivity contribution in [1.29, 1.82) is 0 Å². The van der Waals surface area contributed by atoms with Crippen molar-refractivity contribution in [2.75, 3.05) is 0 Å². The second-order valence-corrected chi connectivity index (χ2v) is 6.30. The van der Waals surface area contributed by atoms with E-state index >= 15 is 0 Å². The van der Waals surface area contributed by atoms with Crippen LogP contribution in [0.4, 0.5) is 0 Å². The van der Waals surface area contributed by atoms with Crippen LogP contribution in [-0.2, 0) is 0 Å². The summed E-state index contributed by atoms with van der Waals surface area (Å²) in [6.45, 7) is 4.13. The van der Waals surface area contributed by atoms with Gasteiger partial charge in [-0.1, -0.05) is 13.8 Å².